The van der Waals surface area contributed by atoms with Crippen LogP contribution in [0, 0.1) is 36.5 Å². The monoisotopic (exact) mass is 458 g/mol. The number of aryl methyl sites for hydroxylation is 1. The zero-order chi connectivity index (χ0) is 23.6. The van der Waals surface area contributed by atoms with Crippen LogP contribution in [0.5, 0.6) is 5.75 Å². The van der Waals surface area contributed by atoms with Gasteiger partial charge in [-0.25, -0.2) is 4.90 Å². The standard InChI is InChI=1S/C27H26N2O5/c1-15-5-4-6-19(11-15)28-14-18(13-22(28)30)27(33)34-21-8-3-2-7-20(21)29-25(31)23-16-9-10-17(12-16)24(23)26(29)32/h2-8,11,16-18,23-24H,9-10,12-14H2,1H3/t16-,17-,18+,23+,24+/m0/s1. The van der Waals surface area contributed by atoms with E-state index >= 15 is 0 Å². The Kier molecular flexibility index (Phi) is 4.83. The molecule has 4 aliphatic rings. The molecule has 34 heavy (non-hydrogen) atoms. The van der Waals surface area contributed by atoms with E-state index in [4.69, 9.17) is 4.74 Å². The molecule has 174 valence electrons. The number of hydrogen-bond donors (Lipinski definition) is 0. The summed E-state index contributed by atoms with van der Waals surface area (Å²) in [7, 11) is 0. The highest BCUT2D eigenvalue weighted by atomic mass is 16.5. The highest BCUT2D eigenvalue weighted by Crippen LogP contribution is 2.57. The minimum Gasteiger partial charge on any atom is -0.424 e. The molecule has 0 aromatic heterocycles. The molecule has 7 nitrogen and oxygen atoms in total. The highest BCUT2D eigenvalue weighted by Gasteiger charge is 2.61. The molecule has 0 N–H and O–H groups in total. The normalized spacial score (nSPS) is 29.8. The van der Waals surface area contributed by atoms with Crippen LogP contribution >= 0.6 is 0 Å². The molecule has 6 rings (SSSR count). The Hall–Kier alpha value is -3.48. The van der Waals surface area contributed by atoms with Gasteiger partial charge in [0, 0.05) is 18.7 Å². The molecule has 0 spiro atoms. The van der Waals surface area contributed by atoms with Crippen LogP contribution in [0.15, 0.2) is 48.5 Å². The molecule has 2 saturated heterocycles. The van der Waals surface area contributed by atoms with E-state index in [1.165, 1.54) is 4.90 Å². The van der Waals surface area contributed by atoms with Crippen LogP contribution in [-0.4, -0.2) is 30.2 Å². The third-order valence-corrected chi connectivity index (χ3v) is 8.02. The predicted octanol–water partition coefficient (Wildman–Crippen LogP) is 3.49. The topological polar surface area (TPSA) is 84.0 Å². The molecular formula is C27H26N2O5. The first kappa shape index (κ1) is 21.1. The van der Waals surface area contributed by atoms with Gasteiger partial charge in [0.15, 0.2) is 5.75 Å². The fourth-order valence-corrected chi connectivity index (χ4v) is 6.48. The van der Waals surface area contributed by atoms with Gasteiger partial charge in [-0.05, 0) is 67.9 Å². The number of benzene rings is 2. The first-order valence-corrected chi connectivity index (χ1v) is 12.0. The van der Waals surface area contributed by atoms with E-state index in [2.05, 4.69) is 0 Å². The largest absolute Gasteiger partial charge is 0.424 e. The fraction of sp³-hybridized carbons (Fsp3) is 0.407. The van der Waals surface area contributed by atoms with Gasteiger partial charge in [0.1, 0.15) is 0 Å². The van der Waals surface area contributed by atoms with E-state index in [1.807, 2.05) is 31.2 Å². The molecule has 2 saturated carbocycles. The molecule has 2 aromatic carbocycles. The van der Waals surface area contributed by atoms with Crippen LogP contribution in [0.3, 0.4) is 0 Å². The number of carbonyl (C=O) groups is 4. The van der Waals surface area contributed by atoms with Crippen molar-refractivity contribution in [2.45, 2.75) is 32.6 Å². The molecule has 3 amide bonds. The van der Waals surface area contributed by atoms with Crippen LogP contribution in [0.1, 0.15) is 31.2 Å². The predicted molar refractivity (Wildman–Crippen MR) is 124 cm³/mol. The van der Waals surface area contributed by atoms with Crippen molar-refractivity contribution in [3.63, 3.8) is 0 Å². The molecule has 2 bridgehead atoms. The van der Waals surface area contributed by atoms with Crippen LogP contribution in [0.2, 0.25) is 0 Å². The lowest BCUT2D eigenvalue weighted by Gasteiger charge is -2.21. The summed E-state index contributed by atoms with van der Waals surface area (Å²) in [6.07, 6.45) is 3.03. The van der Waals surface area contributed by atoms with Gasteiger partial charge in [-0.2, -0.15) is 0 Å². The smallest absolute Gasteiger partial charge is 0.316 e. The quantitative estimate of drug-likeness (QED) is 0.398. The second-order valence-electron chi connectivity index (χ2n) is 10.0. The Morgan fingerprint density at radius 2 is 1.65 bits per heavy atom. The van der Waals surface area contributed by atoms with Gasteiger partial charge < -0.3 is 9.64 Å². The van der Waals surface area contributed by atoms with E-state index in [0.29, 0.717) is 5.69 Å². The van der Waals surface area contributed by atoms with E-state index in [0.717, 1.165) is 30.5 Å². The number of hydrogen-bond acceptors (Lipinski definition) is 5. The summed E-state index contributed by atoms with van der Waals surface area (Å²) in [5, 5.41) is 0. The van der Waals surface area contributed by atoms with Gasteiger partial charge >= 0.3 is 5.97 Å². The fourth-order valence-electron chi connectivity index (χ4n) is 6.48. The molecule has 2 aromatic rings. The second kappa shape index (κ2) is 7.79. The van der Waals surface area contributed by atoms with Crippen molar-refractivity contribution in [2.75, 3.05) is 16.3 Å². The molecule has 5 atom stereocenters. The Morgan fingerprint density at radius 3 is 2.35 bits per heavy atom. The molecule has 2 aliphatic carbocycles. The minimum absolute atomic E-state index is 0.0595. The summed E-state index contributed by atoms with van der Waals surface area (Å²) in [4.78, 5) is 55.0. The number of para-hydroxylation sites is 2. The number of amides is 3. The van der Waals surface area contributed by atoms with E-state index in [9.17, 15) is 19.2 Å². The lowest BCUT2D eigenvalue weighted by atomic mass is 9.81. The minimum atomic E-state index is -0.624. The maximum absolute atomic E-state index is 13.3. The Labute approximate surface area is 197 Å². The number of rotatable bonds is 4. The van der Waals surface area contributed by atoms with Crippen LogP contribution in [0.25, 0.3) is 0 Å². The summed E-state index contributed by atoms with van der Waals surface area (Å²) in [5.41, 5.74) is 2.11. The summed E-state index contributed by atoms with van der Waals surface area (Å²) in [6.45, 7) is 2.19. The summed E-state index contributed by atoms with van der Waals surface area (Å²) >= 11 is 0. The van der Waals surface area contributed by atoms with Crippen LogP contribution < -0.4 is 14.5 Å². The Balaban J connectivity index is 1.22. The van der Waals surface area contributed by atoms with Gasteiger partial charge in [0.25, 0.3) is 0 Å². The van der Waals surface area contributed by atoms with Gasteiger partial charge in [-0.15, -0.1) is 0 Å². The first-order chi connectivity index (χ1) is 16.4. The van der Waals surface area contributed by atoms with Gasteiger partial charge in [-0.1, -0.05) is 24.3 Å². The molecule has 0 radical (unpaired) electrons. The number of ether oxygens (including phenoxy) is 1. The van der Waals surface area contributed by atoms with Gasteiger partial charge in [0.05, 0.1) is 23.4 Å². The first-order valence-electron chi connectivity index (χ1n) is 12.0. The SMILES string of the molecule is Cc1cccc(N2C[C@H](C(=O)Oc3ccccc3N3C(=O)[C@@H]4[C@H]5CC[C@@H](C5)[C@H]4C3=O)CC2=O)c1. The summed E-state index contributed by atoms with van der Waals surface area (Å²) in [6, 6.07) is 14.3. The number of esters is 1. The second-order valence-corrected chi connectivity index (χ2v) is 10.0. The zero-order valence-corrected chi connectivity index (χ0v) is 19.0. The van der Waals surface area contributed by atoms with Crippen molar-refractivity contribution < 1.29 is 23.9 Å². The summed E-state index contributed by atoms with van der Waals surface area (Å²) < 4.78 is 5.72. The zero-order valence-electron chi connectivity index (χ0n) is 19.0. The van der Waals surface area contributed by atoms with Crippen LogP contribution in [-0.2, 0) is 19.2 Å². The molecule has 2 aliphatic heterocycles. The van der Waals surface area contributed by atoms with Crippen LogP contribution in [0.4, 0.5) is 11.4 Å². The number of fused-ring (bicyclic) bond motifs is 5. The maximum atomic E-state index is 13.3. The van der Waals surface area contributed by atoms with Crippen molar-refractivity contribution in [1.82, 2.24) is 0 Å². The van der Waals surface area contributed by atoms with E-state index < -0.39 is 11.9 Å². The molecule has 0 unspecified atom stereocenters. The lowest BCUT2D eigenvalue weighted by molar-refractivity contribution is -0.139. The third-order valence-electron chi connectivity index (χ3n) is 8.02. The molecular weight excluding hydrogens is 432 g/mol. The van der Waals surface area contributed by atoms with Gasteiger partial charge in [0.2, 0.25) is 17.7 Å². The highest BCUT2D eigenvalue weighted by molar-refractivity contribution is 6.23. The number of carbonyl (C=O) groups excluding carboxylic acids is 4. The maximum Gasteiger partial charge on any atom is 0.316 e. The van der Waals surface area contributed by atoms with E-state index in [-0.39, 0.29) is 60.1 Å². The van der Waals surface area contributed by atoms with Crippen molar-refractivity contribution in [2.24, 2.45) is 29.6 Å². The number of imide groups is 1. The van der Waals surface area contributed by atoms with Crippen molar-refractivity contribution in [1.29, 1.82) is 0 Å². The number of nitrogens with zero attached hydrogens (tertiary/aromatic N) is 2. The number of anilines is 2. The van der Waals surface area contributed by atoms with Crippen molar-refractivity contribution in [3.8, 4) is 5.75 Å². The van der Waals surface area contributed by atoms with Crippen molar-refractivity contribution in [3.05, 3.63) is 54.1 Å². The molecule has 2 heterocycles. The molecule has 4 fully saturated rings. The average Bonchev–Trinajstić information content (AvgIpc) is 3.58. The lowest BCUT2D eigenvalue weighted by Crippen LogP contribution is -2.33. The average molecular weight is 459 g/mol. The third kappa shape index (κ3) is 3.17. The Bertz CT molecular complexity index is 1200. The van der Waals surface area contributed by atoms with E-state index in [1.54, 1.807) is 29.2 Å². The molecule has 7 heteroatoms. The van der Waals surface area contributed by atoms with Crippen molar-refractivity contribution >= 4 is 35.1 Å². The van der Waals surface area contributed by atoms with Gasteiger partial charge in [-0.3, -0.25) is 19.2 Å². The summed E-state index contributed by atoms with van der Waals surface area (Å²) in [5.74, 6) is -1.38. The Morgan fingerprint density at radius 1 is 0.941 bits per heavy atom.